The number of amides is 1. The van der Waals surface area contributed by atoms with Crippen LogP contribution in [0, 0.1) is 0 Å². The van der Waals surface area contributed by atoms with Crippen molar-refractivity contribution in [2.75, 3.05) is 12.3 Å². The van der Waals surface area contributed by atoms with Crippen molar-refractivity contribution < 1.29 is 4.79 Å². The lowest BCUT2D eigenvalue weighted by atomic mass is 10.2. The molecule has 5 heteroatoms. The van der Waals surface area contributed by atoms with Crippen molar-refractivity contribution in [2.24, 2.45) is 4.99 Å². The fourth-order valence-electron chi connectivity index (χ4n) is 2.48. The van der Waals surface area contributed by atoms with E-state index in [2.05, 4.69) is 23.2 Å². The van der Waals surface area contributed by atoms with Crippen LogP contribution < -0.4 is 0 Å². The maximum atomic E-state index is 12.5. The van der Waals surface area contributed by atoms with E-state index in [0.717, 1.165) is 27.9 Å². The molecule has 1 aliphatic heterocycles. The number of hydrogen-bond acceptors (Lipinski definition) is 4. The summed E-state index contributed by atoms with van der Waals surface area (Å²) in [6.07, 6.45) is 0. The number of nitrogens with zero attached hydrogens (tertiary/aromatic N) is 2. The molecule has 0 N–H and O–H groups in total. The molecule has 124 valence electrons. The van der Waals surface area contributed by atoms with Gasteiger partial charge in [-0.2, -0.15) is 0 Å². The molecule has 0 saturated heterocycles. The number of fused-ring (bicyclic) bond motifs is 1. The van der Waals surface area contributed by atoms with Crippen molar-refractivity contribution in [1.29, 1.82) is 0 Å². The number of aliphatic imine (C=N–C) groups is 1. The summed E-state index contributed by atoms with van der Waals surface area (Å²) in [5, 5.41) is 0. The van der Waals surface area contributed by atoms with E-state index < -0.39 is 0 Å². The molecule has 2 aromatic carbocycles. The maximum absolute atomic E-state index is 12.5. The van der Waals surface area contributed by atoms with Gasteiger partial charge in [0.25, 0.3) is 0 Å². The van der Waals surface area contributed by atoms with E-state index in [1.54, 1.807) is 23.5 Å². The number of hydrogen-bond donors (Lipinski definition) is 0. The highest BCUT2D eigenvalue weighted by Crippen LogP contribution is 2.34. The molecule has 0 radical (unpaired) electrons. The monoisotopic (exact) mass is 356 g/mol. The standard InChI is InChI=1S/C19H20N2OS2/c1-2-21(12-15-8-4-3-5-9-15)18(22)14-24-19-20-17-11-7-6-10-16(17)13-23-19/h3-11H,2,12-14H2,1H3. The van der Waals surface area contributed by atoms with Crippen LogP contribution in [0.1, 0.15) is 18.1 Å². The molecule has 24 heavy (non-hydrogen) atoms. The minimum absolute atomic E-state index is 0.161. The van der Waals surface area contributed by atoms with Crippen LogP contribution in [0.15, 0.2) is 59.6 Å². The van der Waals surface area contributed by atoms with E-state index >= 15 is 0 Å². The van der Waals surface area contributed by atoms with Crippen molar-refractivity contribution in [3.05, 3.63) is 65.7 Å². The molecular formula is C19H20N2OS2. The molecule has 0 fully saturated rings. The molecule has 1 heterocycles. The quantitative estimate of drug-likeness (QED) is 0.778. The summed E-state index contributed by atoms with van der Waals surface area (Å²) in [6.45, 7) is 3.41. The van der Waals surface area contributed by atoms with Crippen LogP contribution in [0.2, 0.25) is 0 Å². The van der Waals surface area contributed by atoms with Crippen LogP contribution in [-0.4, -0.2) is 27.5 Å². The van der Waals surface area contributed by atoms with Gasteiger partial charge < -0.3 is 4.90 Å². The van der Waals surface area contributed by atoms with Gasteiger partial charge in [0.2, 0.25) is 5.91 Å². The van der Waals surface area contributed by atoms with E-state index in [9.17, 15) is 4.79 Å². The van der Waals surface area contributed by atoms with Gasteiger partial charge in [-0.3, -0.25) is 4.79 Å². The average Bonchev–Trinajstić information content (AvgIpc) is 2.65. The van der Waals surface area contributed by atoms with E-state index in [1.165, 1.54) is 5.56 Å². The van der Waals surface area contributed by atoms with Gasteiger partial charge in [-0.25, -0.2) is 4.99 Å². The van der Waals surface area contributed by atoms with E-state index in [4.69, 9.17) is 0 Å². The Kier molecular flexibility index (Phi) is 5.99. The van der Waals surface area contributed by atoms with Crippen molar-refractivity contribution in [3.63, 3.8) is 0 Å². The van der Waals surface area contributed by atoms with Crippen LogP contribution in [0.3, 0.4) is 0 Å². The SMILES string of the molecule is CCN(Cc1ccccc1)C(=O)CSC1=Nc2ccccc2CS1. The van der Waals surface area contributed by atoms with E-state index in [0.29, 0.717) is 12.3 Å². The Morgan fingerprint density at radius 3 is 2.71 bits per heavy atom. The van der Waals surface area contributed by atoms with E-state index in [-0.39, 0.29) is 5.91 Å². The third-order valence-electron chi connectivity index (χ3n) is 3.82. The molecule has 1 amide bonds. The number of carbonyl (C=O) groups excluding carboxylic acids is 1. The predicted octanol–water partition coefficient (Wildman–Crippen LogP) is 4.70. The van der Waals surface area contributed by atoms with Gasteiger partial charge in [-0.05, 0) is 24.1 Å². The largest absolute Gasteiger partial charge is 0.338 e. The molecule has 3 nitrogen and oxygen atoms in total. The normalized spacial score (nSPS) is 13.1. The van der Waals surface area contributed by atoms with Gasteiger partial charge in [0.1, 0.15) is 4.38 Å². The third kappa shape index (κ3) is 4.42. The smallest absolute Gasteiger partial charge is 0.233 e. The minimum Gasteiger partial charge on any atom is -0.338 e. The fourth-order valence-corrected chi connectivity index (χ4v) is 4.45. The highest BCUT2D eigenvalue weighted by Gasteiger charge is 2.17. The summed E-state index contributed by atoms with van der Waals surface area (Å²) in [6, 6.07) is 18.3. The lowest BCUT2D eigenvalue weighted by Crippen LogP contribution is -2.32. The van der Waals surface area contributed by atoms with Crippen molar-refractivity contribution in [3.8, 4) is 0 Å². The molecular weight excluding hydrogens is 336 g/mol. The Balaban J connectivity index is 1.58. The molecule has 0 saturated carbocycles. The van der Waals surface area contributed by atoms with Gasteiger partial charge in [0.05, 0.1) is 11.4 Å². The first kappa shape index (κ1) is 17.1. The molecule has 0 unspecified atom stereocenters. The summed E-state index contributed by atoms with van der Waals surface area (Å²) in [5.74, 6) is 1.53. The second-order valence-electron chi connectivity index (χ2n) is 5.48. The molecule has 2 aromatic rings. The lowest BCUT2D eigenvalue weighted by molar-refractivity contribution is -0.128. The van der Waals surface area contributed by atoms with Crippen molar-refractivity contribution >= 4 is 39.5 Å². The Morgan fingerprint density at radius 1 is 1.17 bits per heavy atom. The molecule has 0 bridgehead atoms. The van der Waals surface area contributed by atoms with Gasteiger partial charge >= 0.3 is 0 Å². The highest BCUT2D eigenvalue weighted by atomic mass is 32.2. The van der Waals surface area contributed by atoms with Crippen LogP contribution >= 0.6 is 23.5 Å². The van der Waals surface area contributed by atoms with Gasteiger partial charge in [0, 0.05) is 18.8 Å². The predicted molar refractivity (Wildman–Crippen MR) is 105 cm³/mol. The fraction of sp³-hybridized carbons (Fsp3) is 0.263. The molecule has 0 aliphatic carbocycles. The number of carbonyl (C=O) groups is 1. The molecule has 0 spiro atoms. The Bertz CT molecular complexity index is 731. The summed E-state index contributed by atoms with van der Waals surface area (Å²) in [4.78, 5) is 19.1. The molecule has 3 rings (SSSR count). The first-order chi connectivity index (χ1) is 11.8. The van der Waals surface area contributed by atoms with Gasteiger partial charge in [-0.15, -0.1) is 0 Å². The number of rotatable bonds is 5. The van der Waals surface area contributed by atoms with Crippen LogP contribution in [0.4, 0.5) is 5.69 Å². The van der Waals surface area contributed by atoms with Crippen molar-refractivity contribution in [1.82, 2.24) is 4.90 Å². The van der Waals surface area contributed by atoms with Gasteiger partial charge in [0.15, 0.2) is 0 Å². The van der Waals surface area contributed by atoms with Gasteiger partial charge in [-0.1, -0.05) is 72.1 Å². The lowest BCUT2D eigenvalue weighted by Gasteiger charge is -2.21. The molecule has 0 aromatic heterocycles. The van der Waals surface area contributed by atoms with E-state index in [1.807, 2.05) is 48.2 Å². The Morgan fingerprint density at radius 2 is 1.92 bits per heavy atom. The zero-order chi connectivity index (χ0) is 16.8. The summed E-state index contributed by atoms with van der Waals surface area (Å²) >= 11 is 3.26. The van der Waals surface area contributed by atoms with Crippen LogP contribution in [-0.2, 0) is 17.1 Å². The van der Waals surface area contributed by atoms with Crippen LogP contribution in [0.25, 0.3) is 0 Å². The first-order valence-corrected chi connectivity index (χ1v) is 9.97. The zero-order valence-corrected chi connectivity index (χ0v) is 15.3. The molecule has 1 aliphatic rings. The second kappa shape index (κ2) is 8.40. The number of benzene rings is 2. The summed E-state index contributed by atoms with van der Waals surface area (Å²) in [7, 11) is 0. The highest BCUT2D eigenvalue weighted by molar-refractivity contribution is 8.38. The average molecular weight is 357 g/mol. The summed E-state index contributed by atoms with van der Waals surface area (Å²) in [5.41, 5.74) is 3.45. The zero-order valence-electron chi connectivity index (χ0n) is 13.6. The second-order valence-corrected chi connectivity index (χ2v) is 7.66. The maximum Gasteiger partial charge on any atom is 0.233 e. The minimum atomic E-state index is 0.161. The first-order valence-electron chi connectivity index (χ1n) is 8.00. The molecule has 0 atom stereocenters. The van der Waals surface area contributed by atoms with Crippen molar-refractivity contribution in [2.45, 2.75) is 19.2 Å². The number of para-hydroxylation sites is 1. The topological polar surface area (TPSA) is 32.7 Å². The summed E-state index contributed by atoms with van der Waals surface area (Å²) < 4.78 is 0.984. The Hall–Kier alpha value is -1.72. The Labute approximate surface area is 151 Å². The third-order valence-corrected chi connectivity index (χ3v) is 6.05. The number of thioether (sulfide) groups is 2. The van der Waals surface area contributed by atoms with Crippen LogP contribution in [0.5, 0.6) is 0 Å².